The smallest absolute Gasteiger partial charge is 0.124 e. The number of aromatic nitrogens is 1. The molecular weight excluding hydrogens is 245 g/mol. The van der Waals surface area contributed by atoms with Crippen LogP contribution in [0.25, 0.3) is 20.8 Å². The summed E-state index contributed by atoms with van der Waals surface area (Å²) in [5.41, 5.74) is 3.80. The Morgan fingerprint density at radius 3 is 2.83 bits per heavy atom. The molecule has 0 aliphatic heterocycles. The van der Waals surface area contributed by atoms with Crippen molar-refractivity contribution in [1.29, 1.82) is 0 Å². The standard InChI is InChI=1S/C15H11FNS/c1-9-6-7-13-14(10(9)2)17-15(18-13)11-4-3-5-12(16)8-11/h3-8H,2H2,1H3. The third-order valence-corrected chi connectivity index (χ3v) is 4.04. The molecule has 0 aliphatic carbocycles. The predicted molar refractivity (Wildman–Crippen MR) is 74.2 cm³/mol. The minimum absolute atomic E-state index is 0.238. The number of rotatable bonds is 1. The Balaban J connectivity index is 2.23. The van der Waals surface area contributed by atoms with Crippen LogP contribution < -0.4 is 0 Å². The second-order valence-electron chi connectivity index (χ2n) is 4.24. The minimum Gasteiger partial charge on any atom is -0.236 e. The molecule has 3 rings (SSSR count). The first-order valence-electron chi connectivity index (χ1n) is 5.63. The predicted octanol–water partition coefficient (Wildman–Crippen LogP) is 4.59. The molecule has 18 heavy (non-hydrogen) atoms. The summed E-state index contributed by atoms with van der Waals surface area (Å²) in [5, 5.41) is 0.833. The maximum absolute atomic E-state index is 13.2. The van der Waals surface area contributed by atoms with Gasteiger partial charge in [0, 0.05) is 5.56 Å². The van der Waals surface area contributed by atoms with Crippen LogP contribution in [0, 0.1) is 19.7 Å². The molecule has 0 saturated carbocycles. The van der Waals surface area contributed by atoms with Crippen molar-refractivity contribution in [1.82, 2.24) is 4.98 Å². The molecule has 0 unspecified atom stereocenters. The largest absolute Gasteiger partial charge is 0.236 e. The average molecular weight is 256 g/mol. The van der Waals surface area contributed by atoms with Gasteiger partial charge in [-0.2, -0.15) is 0 Å². The molecule has 1 aromatic heterocycles. The molecule has 0 atom stereocenters. The number of benzene rings is 2. The fourth-order valence-electron chi connectivity index (χ4n) is 1.89. The summed E-state index contributed by atoms with van der Waals surface area (Å²) in [7, 11) is 0. The zero-order valence-corrected chi connectivity index (χ0v) is 10.7. The molecular formula is C15H11FNS. The number of hydrogen-bond acceptors (Lipinski definition) is 2. The Labute approximate surface area is 109 Å². The Hall–Kier alpha value is -1.74. The quantitative estimate of drug-likeness (QED) is 0.620. The van der Waals surface area contributed by atoms with Crippen molar-refractivity contribution in [2.75, 3.05) is 0 Å². The van der Waals surface area contributed by atoms with Gasteiger partial charge < -0.3 is 0 Å². The van der Waals surface area contributed by atoms with Crippen molar-refractivity contribution < 1.29 is 4.39 Å². The van der Waals surface area contributed by atoms with Crippen LogP contribution in [0.15, 0.2) is 36.4 Å². The lowest BCUT2D eigenvalue weighted by molar-refractivity contribution is 0.628. The van der Waals surface area contributed by atoms with E-state index in [0.717, 1.165) is 31.9 Å². The van der Waals surface area contributed by atoms with Gasteiger partial charge in [0.2, 0.25) is 0 Å². The van der Waals surface area contributed by atoms with Gasteiger partial charge in [-0.3, -0.25) is 0 Å². The van der Waals surface area contributed by atoms with E-state index in [1.54, 1.807) is 17.4 Å². The summed E-state index contributed by atoms with van der Waals surface area (Å²) in [6, 6.07) is 10.6. The molecule has 3 aromatic rings. The van der Waals surface area contributed by atoms with Crippen molar-refractivity contribution in [3.63, 3.8) is 0 Å². The van der Waals surface area contributed by atoms with E-state index in [1.165, 1.54) is 12.1 Å². The van der Waals surface area contributed by atoms with E-state index in [9.17, 15) is 4.39 Å². The first-order chi connectivity index (χ1) is 8.65. The van der Waals surface area contributed by atoms with E-state index in [2.05, 4.69) is 11.9 Å². The van der Waals surface area contributed by atoms with Crippen LogP contribution in [0.2, 0.25) is 0 Å². The molecule has 0 fully saturated rings. The number of aryl methyl sites for hydroxylation is 1. The zero-order valence-electron chi connectivity index (χ0n) is 9.90. The number of hydrogen-bond donors (Lipinski definition) is 0. The second-order valence-corrected chi connectivity index (χ2v) is 5.27. The molecule has 3 heteroatoms. The average Bonchev–Trinajstić information content (AvgIpc) is 2.79. The monoisotopic (exact) mass is 256 g/mol. The highest BCUT2D eigenvalue weighted by Crippen LogP contribution is 2.32. The van der Waals surface area contributed by atoms with Gasteiger partial charge in [-0.1, -0.05) is 18.2 Å². The van der Waals surface area contributed by atoms with Gasteiger partial charge in [-0.15, -0.1) is 11.3 Å². The number of thiazole rings is 1. The third kappa shape index (κ3) is 1.81. The topological polar surface area (TPSA) is 12.9 Å². The first-order valence-corrected chi connectivity index (χ1v) is 6.45. The van der Waals surface area contributed by atoms with Gasteiger partial charge in [0.25, 0.3) is 0 Å². The fourth-order valence-corrected chi connectivity index (χ4v) is 2.89. The van der Waals surface area contributed by atoms with Crippen LogP contribution in [0.5, 0.6) is 0 Å². The van der Waals surface area contributed by atoms with Crippen molar-refractivity contribution in [3.05, 3.63) is 60.3 Å². The molecule has 0 amide bonds. The highest BCUT2D eigenvalue weighted by Gasteiger charge is 2.09. The van der Waals surface area contributed by atoms with Crippen LogP contribution in [-0.4, -0.2) is 4.98 Å². The summed E-state index contributed by atoms with van der Waals surface area (Å²) < 4.78 is 14.3. The third-order valence-electron chi connectivity index (χ3n) is 2.97. The van der Waals surface area contributed by atoms with Gasteiger partial charge in [0.05, 0.1) is 10.2 Å². The van der Waals surface area contributed by atoms with Crippen molar-refractivity contribution in [2.24, 2.45) is 0 Å². The summed E-state index contributed by atoms with van der Waals surface area (Å²) in [6.07, 6.45) is 0. The lowest BCUT2D eigenvalue weighted by Crippen LogP contribution is -1.82. The summed E-state index contributed by atoms with van der Waals surface area (Å²) >= 11 is 1.56. The normalized spacial score (nSPS) is 11.1. The van der Waals surface area contributed by atoms with Crippen LogP contribution in [0.1, 0.15) is 11.1 Å². The van der Waals surface area contributed by atoms with E-state index in [0.29, 0.717) is 0 Å². The summed E-state index contributed by atoms with van der Waals surface area (Å²) in [6.45, 7) is 6.06. The molecule has 0 N–H and O–H groups in total. The van der Waals surface area contributed by atoms with Crippen LogP contribution in [0.3, 0.4) is 0 Å². The lowest BCUT2D eigenvalue weighted by Gasteiger charge is -1.98. The minimum atomic E-state index is -0.238. The molecule has 1 radical (unpaired) electrons. The van der Waals surface area contributed by atoms with Gasteiger partial charge >= 0.3 is 0 Å². The van der Waals surface area contributed by atoms with Gasteiger partial charge in [-0.05, 0) is 43.2 Å². The summed E-state index contributed by atoms with van der Waals surface area (Å²) in [5.74, 6) is -0.238. The van der Waals surface area contributed by atoms with Crippen molar-refractivity contribution in [3.8, 4) is 10.6 Å². The van der Waals surface area contributed by atoms with Crippen LogP contribution in [-0.2, 0) is 0 Å². The fraction of sp³-hybridized carbons (Fsp3) is 0.0667. The Morgan fingerprint density at radius 1 is 1.22 bits per heavy atom. The first kappa shape index (κ1) is 11.4. The zero-order chi connectivity index (χ0) is 12.7. The SMILES string of the molecule is [CH2]c1c(C)ccc2sc(-c3cccc(F)c3)nc12. The Bertz CT molecular complexity index is 730. The van der Waals surface area contributed by atoms with E-state index in [-0.39, 0.29) is 5.82 Å². The highest BCUT2D eigenvalue weighted by molar-refractivity contribution is 7.21. The summed E-state index contributed by atoms with van der Waals surface area (Å²) in [4.78, 5) is 4.57. The van der Waals surface area contributed by atoms with E-state index < -0.39 is 0 Å². The Kier molecular flexibility index (Phi) is 2.63. The molecule has 0 aliphatic rings. The number of nitrogens with zero attached hydrogens (tertiary/aromatic N) is 1. The molecule has 0 saturated heterocycles. The molecule has 2 aromatic carbocycles. The molecule has 0 spiro atoms. The van der Waals surface area contributed by atoms with E-state index in [4.69, 9.17) is 0 Å². The molecule has 89 valence electrons. The van der Waals surface area contributed by atoms with Crippen LogP contribution >= 0.6 is 11.3 Å². The lowest BCUT2D eigenvalue weighted by atomic mass is 10.1. The van der Waals surface area contributed by atoms with Crippen LogP contribution in [0.4, 0.5) is 4.39 Å². The maximum Gasteiger partial charge on any atom is 0.124 e. The molecule has 1 nitrogen and oxygen atoms in total. The molecule has 0 bridgehead atoms. The van der Waals surface area contributed by atoms with Crippen molar-refractivity contribution in [2.45, 2.75) is 6.92 Å². The highest BCUT2D eigenvalue weighted by atomic mass is 32.1. The van der Waals surface area contributed by atoms with E-state index >= 15 is 0 Å². The maximum atomic E-state index is 13.2. The number of fused-ring (bicyclic) bond motifs is 1. The van der Waals surface area contributed by atoms with Gasteiger partial charge in [0.1, 0.15) is 10.8 Å². The number of halogens is 1. The second kappa shape index (κ2) is 4.18. The van der Waals surface area contributed by atoms with Gasteiger partial charge in [-0.25, -0.2) is 9.37 Å². The molecule has 1 heterocycles. The Morgan fingerprint density at radius 2 is 2.06 bits per heavy atom. The van der Waals surface area contributed by atoms with Gasteiger partial charge in [0.15, 0.2) is 0 Å². The van der Waals surface area contributed by atoms with Crippen molar-refractivity contribution >= 4 is 21.6 Å². The van der Waals surface area contributed by atoms with E-state index in [1.807, 2.05) is 25.1 Å².